The van der Waals surface area contributed by atoms with Crippen LogP contribution in [-0.2, 0) is 0 Å². The summed E-state index contributed by atoms with van der Waals surface area (Å²) >= 11 is 3.33. The van der Waals surface area contributed by atoms with Gasteiger partial charge in [0.05, 0.1) is 16.9 Å². The molecule has 0 spiro atoms. The molecule has 7 heteroatoms. The van der Waals surface area contributed by atoms with Crippen molar-refractivity contribution in [3.05, 3.63) is 67.3 Å². The Balaban J connectivity index is 2.23. The first-order valence-electron chi connectivity index (χ1n) is 8.16. The highest BCUT2D eigenvalue weighted by atomic mass is 79.9. The molecule has 134 valence electrons. The van der Waals surface area contributed by atoms with Gasteiger partial charge in [-0.2, -0.15) is 0 Å². The Labute approximate surface area is 157 Å². The lowest BCUT2D eigenvalue weighted by Crippen LogP contribution is -2.05. The zero-order valence-corrected chi connectivity index (χ0v) is 15.6. The van der Waals surface area contributed by atoms with Crippen LogP contribution in [0.2, 0.25) is 0 Å². The van der Waals surface area contributed by atoms with Crippen LogP contribution < -0.4 is 10.2 Å². The van der Waals surface area contributed by atoms with Crippen molar-refractivity contribution in [2.75, 3.05) is 6.61 Å². The average Bonchev–Trinajstić information content (AvgIpc) is 2.64. The van der Waals surface area contributed by atoms with Gasteiger partial charge in [0, 0.05) is 17.7 Å². The van der Waals surface area contributed by atoms with Gasteiger partial charge in [-0.3, -0.25) is 14.9 Å². The topological polar surface area (TPSA) is 82.6 Å². The van der Waals surface area contributed by atoms with Gasteiger partial charge in [-0.15, -0.1) is 0 Å². The highest BCUT2D eigenvalue weighted by Gasteiger charge is 2.25. The predicted molar refractivity (Wildman–Crippen MR) is 103 cm³/mol. The third-order valence-electron chi connectivity index (χ3n) is 3.90. The van der Waals surface area contributed by atoms with E-state index in [1.807, 2.05) is 37.3 Å². The van der Waals surface area contributed by atoms with Gasteiger partial charge in [-0.25, -0.2) is 0 Å². The van der Waals surface area contributed by atoms with E-state index in [1.54, 1.807) is 0 Å². The van der Waals surface area contributed by atoms with Crippen molar-refractivity contribution < 1.29 is 14.1 Å². The van der Waals surface area contributed by atoms with Gasteiger partial charge < -0.3 is 9.15 Å². The van der Waals surface area contributed by atoms with Gasteiger partial charge in [-0.05, 0) is 22.4 Å². The number of nitro benzene ring substituents is 1. The molecule has 26 heavy (non-hydrogen) atoms. The Bertz CT molecular complexity index is 1010. The maximum Gasteiger partial charge on any atom is 0.313 e. The SMILES string of the molecule is CCCCOc1c([N+](=O)[O-])cc2c(=O)cc(-c3ccccc3)oc2c1Br. The van der Waals surface area contributed by atoms with E-state index >= 15 is 0 Å². The summed E-state index contributed by atoms with van der Waals surface area (Å²) in [5, 5.41) is 11.6. The van der Waals surface area contributed by atoms with E-state index in [0.29, 0.717) is 12.4 Å². The molecule has 0 aliphatic rings. The second-order valence-corrected chi connectivity index (χ2v) is 6.51. The maximum atomic E-state index is 12.5. The molecule has 0 radical (unpaired) electrons. The van der Waals surface area contributed by atoms with Crippen LogP contribution in [-0.4, -0.2) is 11.5 Å². The predicted octanol–water partition coefficient (Wildman–Crippen LogP) is 5.31. The summed E-state index contributed by atoms with van der Waals surface area (Å²) in [5.74, 6) is 0.460. The normalized spacial score (nSPS) is 10.8. The fourth-order valence-corrected chi connectivity index (χ4v) is 3.17. The van der Waals surface area contributed by atoms with Crippen LogP contribution in [0.15, 0.2) is 56.1 Å². The van der Waals surface area contributed by atoms with E-state index in [-0.39, 0.29) is 32.3 Å². The lowest BCUT2D eigenvalue weighted by atomic mass is 10.1. The van der Waals surface area contributed by atoms with Crippen molar-refractivity contribution in [1.82, 2.24) is 0 Å². The second kappa shape index (κ2) is 7.70. The quantitative estimate of drug-likeness (QED) is 0.308. The molecule has 3 rings (SSSR count). The van der Waals surface area contributed by atoms with Gasteiger partial charge >= 0.3 is 5.69 Å². The van der Waals surface area contributed by atoms with Crippen LogP contribution in [0.5, 0.6) is 5.75 Å². The molecule has 0 N–H and O–H groups in total. The molecule has 3 aromatic rings. The molecule has 0 atom stereocenters. The van der Waals surface area contributed by atoms with Crippen LogP contribution in [0.1, 0.15) is 19.8 Å². The molecule has 0 saturated carbocycles. The minimum absolute atomic E-state index is 0.0734. The molecular weight excluding hydrogens is 402 g/mol. The van der Waals surface area contributed by atoms with Crippen molar-refractivity contribution in [2.45, 2.75) is 19.8 Å². The van der Waals surface area contributed by atoms with Gasteiger partial charge in [-0.1, -0.05) is 43.7 Å². The van der Waals surface area contributed by atoms with Crippen LogP contribution >= 0.6 is 15.9 Å². The van der Waals surface area contributed by atoms with E-state index in [2.05, 4.69) is 15.9 Å². The van der Waals surface area contributed by atoms with Crippen molar-refractivity contribution in [3.8, 4) is 17.1 Å². The summed E-state index contributed by atoms with van der Waals surface area (Å²) in [6, 6.07) is 11.7. The minimum Gasteiger partial charge on any atom is -0.486 e. The molecule has 0 saturated heterocycles. The monoisotopic (exact) mass is 417 g/mol. The third kappa shape index (κ3) is 3.48. The number of benzene rings is 2. The number of hydrogen-bond donors (Lipinski definition) is 0. The average molecular weight is 418 g/mol. The molecule has 1 aromatic heterocycles. The van der Waals surface area contributed by atoms with Crippen molar-refractivity contribution >= 4 is 32.6 Å². The fourth-order valence-electron chi connectivity index (χ4n) is 2.56. The molecule has 0 aliphatic heterocycles. The number of unbranched alkanes of at least 4 members (excludes halogenated alkanes) is 1. The lowest BCUT2D eigenvalue weighted by molar-refractivity contribution is -0.385. The van der Waals surface area contributed by atoms with Crippen LogP contribution in [0.4, 0.5) is 5.69 Å². The fraction of sp³-hybridized carbons (Fsp3) is 0.211. The molecule has 2 aromatic carbocycles. The molecular formula is C19H16BrNO5. The summed E-state index contributed by atoms with van der Waals surface area (Å²) in [7, 11) is 0. The van der Waals surface area contributed by atoms with Crippen LogP contribution in [0.25, 0.3) is 22.3 Å². The summed E-state index contributed by atoms with van der Waals surface area (Å²) in [6.45, 7) is 2.34. The molecule has 0 bridgehead atoms. The Hall–Kier alpha value is -2.67. The molecule has 0 fully saturated rings. The lowest BCUT2D eigenvalue weighted by Gasteiger charge is -2.11. The molecule has 1 heterocycles. The first-order valence-corrected chi connectivity index (χ1v) is 8.95. The van der Waals surface area contributed by atoms with Gasteiger partial charge in [0.1, 0.15) is 10.2 Å². The number of ether oxygens (including phenoxy) is 1. The number of halogens is 1. The highest BCUT2D eigenvalue weighted by molar-refractivity contribution is 9.10. The zero-order chi connectivity index (χ0) is 18.7. The van der Waals surface area contributed by atoms with E-state index in [0.717, 1.165) is 18.4 Å². The number of rotatable bonds is 6. The minimum atomic E-state index is -0.559. The van der Waals surface area contributed by atoms with E-state index < -0.39 is 4.92 Å². The Morgan fingerprint density at radius 1 is 1.23 bits per heavy atom. The smallest absolute Gasteiger partial charge is 0.313 e. The van der Waals surface area contributed by atoms with E-state index in [1.165, 1.54) is 12.1 Å². The Kier molecular flexibility index (Phi) is 5.37. The standard InChI is InChI=1S/C19H16BrNO5/c1-2-3-9-25-19-14(21(23)24)10-13-15(22)11-16(26-18(13)17(19)20)12-7-5-4-6-8-12/h4-8,10-11H,2-3,9H2,1H3. The van der Waals surface area contributed by atoms with Crippen LogP contribution in [0, 0.1) is 10.1 Å². The van der Waals surface area contributed by atoms with E-state index in [4.69, 9.17) is 9.15 Å². The van der Waals surface area contributed by atoms with Crippen LogP contribution in [0.3, 0.4) is 0 Å². The van der Waals surface area contributed by atoms with Gasteiger partial charge in [0.25, 0.3) is 0 Å². The number of hydrogen-bond acceptors (Lipinski definition) is 5. The highest BCUT2D eigenvalue weighted by Crippen LogP contribution is 2.41. The Morgan fingerprint density at radius 3 is 2.62 bits per heavy atom. The number of fused-ring (bicyclic) bond motifs is 1. The van der Waals surface area contributed by atoms with Crippen molar-refractivity contribution in [2.24, 2.45) is 0 Å². The Morgan fingerprint density at radius 2 is 1.96 bits per heavy atom. The second-order valence-electron chi connectivity index (χ2n) is 5.72. The van der Waals surface area contributed by atoms with Crippen molar-refractivity contribution in [3.63, 3.8) is 0 Å². The summed E-state index contributed by atoms with van der Waals surface area (Å²) in [4.78, 5) is 23.4. The largest absolute Gasteiger partial charge is 0.486 e. The summed E-state index contributed by atoms with van der Waals surface area (Å²) < 4.78 is 11.8. The zero-order valence-electron chi connectivity index (χ0n) is 14.0. The maximum absolute atomic E-state index is 12.5. The molecule has 0 aliphatic carbocycles. The molecule has 0 amide bonds. The molecule has 6 nitrogen and oxygen atoms in total. The van der Waals surface area contributed by atoms with Gasteiger partial charge in [0.15, 0.2) is 11.0 Å². The first kappa shape index (κ1) is 18.1. The molecule has 0 unspecified atom stereocenters. The summed E-state index contributed by atoms with van der Waals surface area (Å²) in [6.07, 6.45) is 1.65. The third-order valence-corrected chi connectivity index (χ3v) is 4.62. The number of nitrogens with zero attached hydrogens (tertiary/aromatic N) is 1. The summed E-state index contributed by atoms with van der Waals surface area (Å²) in [5.41, 5.74) is 0.355. The first-order chi connectivity index (χ1) is 12.5. The number of nitro groups is 1. The van der Waals surface area contributed by atoms with Gasteiger partial charge in [0.2, 0.25) is 5.75 Å². The van der Waals surface area contributed by atoms with Crippen molar-refractivity contribution in [1.29, 1.82) is 0 Å². The van der Waals surface area contributed by atoms with E-state index in [9.17, 15) is 14.9 Å².